The van der Waals surface area contributed by atoms with Crippen LogP contribution in [0.3, 0.4) is 0 Å². The molecule has 2 atom stereocenters. The molecule has 0 aliphatic heterocycles. The number of aromatic nitrogens is 5. The third-order valence-corrected chi connectivity index (χ3v) is 5.02. The lowest BCUT2D eigenvalue weighted by Gasteiger charge is -2.11. The molecule has 1 aliphatic rings. The Morgan fingerprint density at radius 1 is 1.34 bits per heavy atom. The van der Waals surface area contributed by atoms with Crippen LogP contribution in [0, 0.1) is 6.92 Å². The van der Waals surface area contributed by atoms with Gasteiger partial charge in [-0.25, -0.2) is 13.9 Å². The highest BCUT2D eigenvalue weighted by molar-refractivity contribution is 6.00. The average Bonchev–Trinajstić information content (AvgIpc) is 3.14. The van der Waals surface area contributed by atoms with Crippen molar-refractivity contribution in [2.75, 3.05) is 17.7 Å². The van der Waals surface area contributed by atoms with E-state index in [4.69, 9.17) is 4.42 Å². The Balaban J connectivity index is 1.51. The molecular formula is C20H19FN8O3. The van der Waals surface area contributed by atoms with Crippen LogP contribution in [0.4, 0.5) is 21.7 Å². The number of nitrogens with zero attached hydrogens (tertiary/aromatic N) is 5. The van der Waals surface area contributed by atoms with Gasteiger partial charge in [-0.3, -0.25) is 9.59 Å². The van der Waals surface area contributed by atoms with Gasteiger partial charge in [0.2, 0.25) is 0 Å². The highest BCUT2D eigenvalue weighted by Crippen LogP contribution is 2.26. The molecule has 0 aromatic carbocycles. The Hall–Kier alpha value is -4.22. The van der Waals surface area contributed by atoms with Gasteiger partial charge in [0.1, 0.15) is 35.3 Å². The molecule has 12 heteroatoms. The predicted molar refractivity (Wildman–Crippen MR) is 113 cm³/mol. The summed E-state index contributed by atoms with van der Waals surface area (Å²) in [5, 5.41) is 12.8. The summed E-state index contributed by atoms with van der Waals surface area (Å²) < 4.78 is 21.2. The number of halogens is 1. The first-order valence-corrected chi connectivity index (χ1v) is 9.87. The fraction of sp³-hybridized carbons (Fsp3) is 0.250. The zero-order chi connectivity index (χ0) is 22.4. The Morgan fingerprint density at radius 2 is 2.16 bits per heavy atom. The van der Waals surface area contributed by atoms with Gasteiger partial charge in [0, 0.05) is 25.7 Å². The fourth-order valence-corrected chi connectivity index (χ4v) is 3.25. The van der Waals surface area contributed by atoms with E-state index in [1.807, 2.05) is 0 Å². The van der Waals surface area contributed by atoms with Crippen LogP contribution in [0.5, 0.6) is 0 Å². The summed E-state index contributed by atoms with van der Waals surface area (Å²) >= 11 is 0. The quantitative estimate of drug-likeness (QED) is 0.415. The van der Waals surface area contributed by atoms with Gasteiger partial charge in [-0.15, -0.1) is 0 Å². The maximum atomic E-state index is 13.2. The van der Waals surface area contributed by atoms with Crippen LogP contribution >= 0.6 is 0 Å². The lowest BCUT2D eigenvalue weighted by Crippen LogP contribution is -2.27. The summed E-state index contributed by atoms with van der Waals surface area (Å²) in [5.74, 6) is 0.383. The SMILES string of the molecule is CNc1cc(Nc2cccn(-c3nc(C)co3)c2=O)nc2c(C(=O)N[C@H]3C[C@H]3F)cnn12. The zero-order valence-corrected chi connectivity index (χ0v) is 17.2. The Labute approximate surface area is 180 Å². The first kappa shape index (κ1) is 19.7. The second kappa shape index (κ2) is 7.48. The van der Waals surface area contributed by atoms with Gasteiger partial charge >= 0.3 is 6.01 Å². The van der Waals surface area contributed by atoms with E-state index >= 15 is 0 Å². The maximum Gasteiger partial charge on any atom is 0.308 e. The van der Waals surface area contributed by atoms with Crippen LogP contribution in [-0.4, -0.2) is 49.3 Å². The lowest BCUT2D eigenvalue weighted by molar-refractivity contribution is 0.0949. The number of carbonyl (C=O) groups is 1. The first-order chi connectivity index (χ1) is 15.4. The number of aryl methyl sites for hydroxylation is 1. The van der Waals surface area contributed by atoms with E-state index in [-0.39, 0.29) is 22.9 Å². The molecule has 5 rings (SSSR count). The fourth-order valence-electron chi connectivity index (χ4n) is 3.25. The monoisotopic (exact) mass is 438 g/mol. The predicted octanol–water partition coefficient (Wildman–Crippen LogP) is 1.80. The maximum absolute atomic E-state index is 13.2. The summed E-state index contributed by atoms with van der Waals surface area (Å²) in [4.78, 5) is 34.1. The first-order valence-electron chi connectivity index (χ1n) is 9.87. The second-order valence-electron chi connectivity index (χ2n) is 7.40. The smallest absolute Gasteiger partial charge is 0.308 e. The number of anilines is 3. The molecule has 1 aliphatic carbocycles. The van der Waals surface area contributed by atoms with E-state index in [0.717, 1.165) is 0 Å². The number of rotatable bonds is 6. The minimum atomic E-state index is -1.02. The molecular weight excluding hydrogens is 419 g/mol. The Bertz CT molecular complexity index is 1390. The minimum absolute atomic E-state index is 0.150. The Kier molecular flexibility index (Phi) is 4.61. The number of amides is 1. The number of fused-ring (bicyclic) bond motifs is 1. The van der Waals surface area contributed by atoms with Crippen molar-refractivity contribution in [1.82, 2.24) is 29.5 Å². The van der Waals surface area contributed by atoms with Crippen molar-refractivity contribution < 1.29 is 13.6 Å². The summed E-state index contributed by atoms with van der Waals surface area (Å²) in [7, 11) is 1.69. The van der Waals surface area contributed by atoms with Crippen LogP contribution in [-0.2, 0) is 0 Å². The molecule has 11 nitrogen and oxygen atoms in total. The molecule has 164 valence electrons. The third kappa shape index (κ3) is 3.45. The standard InChI is InChI=1S/C20H19FN8O3/c1-10-9-32-20(24-10)28-5-3-4-13(19(28)31)25-15-7-16(22-2)29-17(27-15)11(8-23-29)18(30)26-14-6-12(14)21/h3-5,7-9,12,14,22H,6H2,1-2H3,(H,25,27)(H,26,30)/t12-,14+/m1/s1. The lowest BCUT2D eigenvalue weighted by atomic mass is 10.3. The molecule has 32 heavy (non-hydrogen) atoms. The van der Waals surface area contributed by atoms with E-state index in [0.29, 0.717) is 23.8 Å². The molecule has 3 N–H and O–H groups in total. The second-order valence-corrected chi connectivity index (χ2v) is 7.40. The van der Waals surface area contributed by atoms with E-state index in [9.17, 15) is 14.0 Å². The van der Waals surface area contributed by atoms with Crippen molar-refractivity contribution in [3.8, 4) is 6.01 Å². The van der Waals surface area contributed by atoms with Gasteiger partial charge in [0.05, 0.1) is 17.9 Å². The van der Waals surface area contributed by atoms with Crippen LogP contribution in [0.25, 0.3) is 11.7 Å². The van der Waals surface area contributed by atoms with E-state index in [2.05, 4.69) is 31.0 Å². The molecule has 1 fully saturated rings. The van der Waals surface area contributed by atoms with E-state index in [1.54, 1.807) is 38.4 Å². The highest BCUT2D eigenvalue weighted by Gasteiger charge is 2.39. The van der Waals surface area contributed by atoms with Crippen LogP contribution in [0.15, 0.2) is 46.1 Å². The summed E-state index contributed by atoms with van der Waals surface area (Å²) in [5.41, 5.74) is 0.938. The van der Waals surface area contributed by atoms with Gasteiger partial charge in [-0.1, -0.05) is 0 Å². The number of pyridine rings is 1. The molecule has 4 heterocycles. The van der Waals surface area contributed by atoms with Gasteiger partial charge in [0.15, 0.2) is 5.65 Å². The van der Waals surface area contributed by atoms with Gasteiger partial charge in [-0.05, 0) is 19.1 Å². The molecule has 4 aromatic rings. The number of hydrogen-bond acceptors (Lipinski definition) is 8. The van der Waals surface area contributed by atoms with E-state index < -0.39 is 23.7 Å². The van der Waals surface area contributed by atoms with Crippen LogP contribution in [0.1, 0.15) is 22.5 Å². The number of carbonyl (C=O) groups excluding carboxylic acids is 1. The molecule has 1 amide bonds. The van der Waals surface area contributed by atoms with Crippen molar-refractivity contribution in [3.63, 3.8) is 0 Å². The molecule has 0 spiro atoms. The topological polar surface area (TPSA) is 131 Å². The minimum Gasteiger partial charge on any atom is -0.431 e. The highest BCUT2D eigenvalue weighted by atomic mass is 19.1. The summed E-state index contributed by atoms with van der Waals surface area (Å²) in [6, 6.07) is 4.58. The van der Waals surface area contributed by atoms with Gasteiger partial charge in [0.25, 0.3) is 11.5 Å². The molecule has 1 saturated carbocycles. The number of hydrogen-bond donors (Lipinski definition) is 3. The average molecular weight is 438 g/mol. The summed E-state index contributed by atoms with van der Waals surface area (Å²) in [6.45, 7) is 1.76. The largest absolute Gasteiger partial charge is 0.431 e. The van der Waals surface area contributed by atoms with Crippen molar-refractivity contribution in [2.45, 2.75) is 25.6 Å². The molecule has 0 unspecified atom stereocenters. The van der Waals surface area contributed by atoms with Gasteiger partial charge in [-0.2, -0.15) is 14.6 Å². The van der Waals surface area contributed by atoms with E-state index in [1.165, 1.54) is 21.5 Å². The van der Waals surface area contributed by atoms with Crippen LogP contribution in [0.2, 0.25) is 0 Å². The molecule has 0 radical (unpaired) electrons. The molecule has 0 bridgehead atoms. The molecule has 4 aromatic heterocycles. The van der Waals surface area contributed by atoms with Gasteiger partial charge < -0.3 is 20.4 Å². The number of oxazole rings is 1. The Morgan fingerprint density at radius 3 is 2.84 bits per heavy atom. The summed E-state index contributed by atoms with van der Waals surface area (Å²) in [6.07, 6.45) is 3.65. The number of nitrogens with one attached hydrogen (secondary N) is 3. The number of alkyl halides is 1. The third-order valence-electron chi connectivity index (χ3n) is 5.02. The van der Waals surface area contributed by atoms with Crippen molar-refractivity contribution >= 4 is 28.9 Å². The van der Waals surface area contributed by atoms with Crippen molar-refractivity contribution in [1.29, 1.82) is 0 Å². The van der Waals surface area contributed by atoms with Crippen LogP contribution < -0.4 is 21.5 Å². The normalized spacial score (nSPS) is 17.3. The zero-order valence-electron chi connectivity index (χ0n) is 17.2. The van der Waals surface area contributed by atoms with Crippen molar-refractivity contribution in [3.05, 3.63) is 58.5 Å². The van der Waals surface area contributed by atoms with Crippen molar-refractivity contribution in [2.24, 2.45) is 0 Å². The molecule has 0 saturated heterocycles.